The molecule has 31 heavy (non-hydrogen) atoms. The molecule has 0 aromatic rings. The Morgan fingerprint density at radius 2 is 0.645 bits per heavy atom. The van der Waals surface area contributed by atoms with Gasteiger partial charge in [0.15, 0.2) is 11.6 Å². The van der Waals surface area contributed by atoms with Gasteiger partial charge in [0.1, 0.15) is 0 Å². The first-order chi connectivity index (χ1) is 14.6. The minimum atomic E-state index is -4.40. The number of hydrogen-bond donors (Lipinski definition) is 4. The molecule has 2 unspecified atom stereocenters. The molecule has 0 aromatic carbocycles. The van der Waals surface area contributed by atoms with E-state index in [2.05, 4.69) is 10.4 Å². The van der Waals surface area contributed by atoms with Gasteiger partial charge in [0.2, 0.25) is 0 Å². The Morgan fingerprint density at radius 1 is 0.452 bits per heavy atom. The van der Waals surface area contributed by atoms with Gasteiger partial charge in [-0.25, -0.2) is 0 Å². The van der Waals surface area contributed by atoms with E-state index in [-0.39, 0.29) is 12.8 Å². The molecule has 184 valence electrons. The van der Waals surface area contributed by atoms with Crippen LogP contribution in [0.4, 0.5) is 0 Å². The lowest BCUT2D eigenvalue weighted by Crippen LogP contribution is -2.04. The Labute approximate surface area is 185 Å². The summed E-state index contributed by atoms with van der Waals surface area (Å²) < 4.78 is 22.0. The standard InChI is InChI=1S/C19H40N2O8P2/c22-20-18(30(24,25)26)16-14-12-10-8-6-4-2-1-3-5-7-9-11-13-15-17-19(21-23)31(27,28)29/h18-19H,1-17H2,(H2,24,25,26)(H2,27,28,29). The monoisotopic (exact) mass is 486 g/mol. The zero-order valence-electron chi connectivity index (χ0n) is 18.4. The fourth-order valence-corrected chi connectivity index (χ4v) is 4.80. The van der Waals surface area contributed by atoms with Crippen LogP contribution in [0.1, 0.15) is 109 Å². The van der Waals surface area contributed by atoms with E-state index in [0.29, 0.717) is 12.8 Å². The third kappa shape index (κ3) is 17.7. The quantitative estimate of drug-likeness (QED) is 0.0799. The van der Waals surface area contributed by atoms with Crippen molar-refractivity contribution in [3.63, 3.8) is 0 Å². The summed E-state index contributed by atoms with van der Waals surface area (Å²) in [6.07, 6.45) is 15.7. The molecule has 10 nitrogen and oxygen atoms in total. The molecule has 0 aliphatic carbocycles. The van der Waals surface area contributed by atoms with Crippen molar-refractivity contribution in [2.24, 2.45) is 10.4 Å². The van der Waals surface area contributed by atoms with Gasteiger partial charge < -0.3 is 19.6 Å². The fraction of sp³-hybridized carbons (Fsp3) is 1.00. The zero-order chi connectivity index (χ0) is 23.6. The van der Waals surface area contributed by atoms with Crippen molar-refractivity contribution in [1.82, 2.24) is 0 Å². The zero-order valence-corrected chi connectivity index (χ0v) is 20.2. The van der Waals surface area contributed by atoms with Crippen LogP contribution in [0, 0.1) is 9.81 Å². The number of unbranched alkanes of at least 4 members (excludes halogenated alkanes) is 14. The van der Waals surface area contributed by atoms with Crippen LogP contribution in [0.25, 0.3) is 0 Å². The summed E-state index contributed by atoms with van der Waals surface area (Å²) >= 11 is 0. The molecule has 0 rings (SSSR count). The van der Waals surface area contributed by atoms with Gasteiger partial charge in [-0.05, 0) is 12.8 Å². The second kappa shape index (κ2) is 18.0. The van der Waals surface area contributed by atoms with Gasteiger partial charge in [0, 0.05) is 0 Å². The van der Waals surface area contributed by atoms with E-state index in [1.165, 1.54) is 32.1 Å². The van der Waals surface area contributed by atoms with Crippen molar-refractivity contribution in [2.45, 2.75) is 121 Å². The van der Waals surface area contributed by atoms with Crippen molar-refractivity contribution in [1.29, 1.82) is 0 Å². The summed E-state index contributed by atoms with van der Waals surface area (Å²) in [6, 6.07) is 0. The van der Waals surface area contributed by atoms with Crippen LogP contribution in [0.2, 0.25) is 0 Å². The molecular weight excluding hydrogens is 446 g/mol. The highest BCUT2D eigenvalue weighted by Gasteiger charge is 2.29. The highest BCUT2D eigenvalue weighted by molar-refractivity contribution is 7.52. The minimum Gasteiger partial charge on any atom is -0.323 e. The van der Waals surface area contributed by atoms with Crippen molar-refractivity contribution >= 4 is 15.2 Å². The molecule has 0 heterocycles. The van der Waals surface area contributed by atoms with E-state index in [9.17, 15) is 18.9 Å². The van der Waals surface area contributed by atoms with E-state index < -0.39 is 26.8 Å². The van der Waals surface area contributed by atoms with Gasteiger partial charge in [-0.3, -0.25) is 9.13 Å². The molecular formula is C19H40N2O8P2. The summed E-state index contributed by atoms with van der Waals surface area (Å²) in [5, 5.41) is 5.06. The third-order valence-corrected chi connectivity index (χ3v) is 7.70. The highest BCUT2D eigenvalue weighted by Crippen LogP contribution is 2.45. The van der Waals surface area contributed by atoms with Crippen molar-refractivity contribution < 1.29 is 28.7 Å². The maximum atomic E-state index is 11.0. The van der Waals surface area contributed by atoms with E-state index in [0.717, 1.165) is 51.4 Å². The molecule has 0 bridgehead atoms. The molecule has 12 heteroatoms. The highest BCUT2D eigenvalue weighted by atomic mass is 31.2. The van der Waals surface area contributed by atoms with E-state index >= 15 is 0 Å². The van der Waals surface area contributed by atoms with Crippen LogP contribution in [-0.4, -0.2) is 31.1 Å². The molecule has 4 N–H and O–H groups in total. The number of nitroso groups, excluding NO2 is 2. The van der Waals surface area contributed by atoms with Gasteiger partial charge in [0.05, 0.1) is 0 Å². The molecule has 0 saturated heterocycles. The number of rotatable bonds is 22. The first kappa shape index (κ1) is 30.5. The summed E-state index contributed by atoms with van der Waals surface area (Å²) in [7, 11) is -8.79. The summed E-state index contributed by atoms with van der Waals surface area (Å²) in [4.78, 5) is 56.6. The number of nitrogens with zero attached hydrogens (tertiary/aromatic N) is 2. The van der Waals surface area contributed by atoms with Crippen molar-refractivity contribution in [2.75, 3.05) is 0 Å². The van der Waals surface area contributed by atoms with Crippen LogP contribution >= 0.6 is 15.2 Å². The SMILES string of the molecule is O=NC(CCCCCCCCCCCCCCCCCC(N=O)P(=O)(O)O)P(=O)(O)O. The van der Waals surface area contributed by atoms with Gasteiger partial charge in [-0.1, -0.05) is 107 Å². The van der Waals surface area contributed by atoms with Crippen LogP contribution in [0.3, 0.4) is 0 Å². The lowest BCUT2D eigenvalue weighted by atomic mass is 10.0. The Morgan fingerprint density at radius 3 is 0.806 bits per heavy atom. The topological polar surface area (TPSA) is 174 Å². The second-order valence-corrected chi connectivity index (χ2v) is 11.8. The Hall–Kier alpha value is -0.500. The Kier molecular flexibility index (Phi) is 17.7. The van der Waals surface area contributed by atoms with Gasteiger partial charge >= 0.3 is 15.2 Å². The van der Waals surface area contributed by atoms with E-state index in [1.807, 2.05) is 0 Å². The lowest BCUT2D eigenvalue weighted by Gasteiger charge is -2.10. The molecule has 0 spiro atoms. The Balaban J connectivity index is 3.35. The first-order valence-corrected chi connectivity index (χ1v) is 14.7. The molecule has 0 aliphatic rings. The fourth-order valence-electron chi connectivity index (χ4n) is 3.52. The molecule has 0 amide bonds. The predicted molar refractivity (Wildman–Crippen MR) is 122 cm³/mol. The molecule has 0 aromatic heterocycles. The number of hydrogen-bond acceptors (Lipinski definition) is 6. The van der Waals surface area contributed by atoms with Crippen molar-refractivity contribution in [3.05, 3.63) is 9.81 Å². The summed E-state index contributed by atoms with van der Waals surface area (Å²) in [6.45, 7) is 0. The molecule has 2 atom stereocenters. The van der Waals surface area contributed by atoms with Crippen LogP contribution in [-0.2, 0) is 9.13 Å². The van der Waals surface area contributed by atoms with E-state index in [1.54, 1.807) is 0 Å². The van der Waals surface area contributed by atoms with Crippen LogP contribution < -0.4 is 0 Å². The maximum absolute atomic E-state index is 11.0. The average Bonchev–Trinajstić information content (AvgIpc) is 2.68. The van der Waals surface area contributed by atoms with Gasteiger partial charge in [0.25, 0.3) is 0 Å². The van der Waals surface area contributed by atoms with Crippen LogP contribution in [0.15, 0.2) is 10.4 Å². The smallest absolute Gasteiger partial charge is 0.323 e. The largest absolute Gasteiger partial charge is 0.353 e. The maximum Gasteiger partial charge on any atom is 0.353 e. The molecule has 0 aliphatic heterocycles. The van der Waals surface area contributed by atoms with Crippen LogP contribution in [0.5, 0.6) is 0 Å². The summed E-state index contributed by atoms with van der Waals surface area (Å²) in [5.74, 6) is -2.79. The second-order valence-electron chi connectivity index (χ2n) is 8.23. The van der Waals surface area contributed by atoms with Crippen molar-refractivity contribution in [3.8, 4) is 0 Å². The molecule has 0 saturated carbocycles. The van der Waals surface area contributed by atoms with E-state index in [4.69, 9.17) is 19.6 Å². The predicted octanol–water partition coefficient (Wildman–Crippen LogP) is 6.16. The summed E-state index contributed by atoms with van der Waals surface area (Å²) in [5.41, 5.74) is 0. The molecule has 0 radical (unpaired) electrons. The van der Waals surface area contributed by atoms with Gasteiger partial charge in [-0.15, -0.1) is 9.81 Å². The third-order valence-electron chi connectivity index (χ3n) is 5.44. The average molecular weight is 486 g/mol. The Bertz CT molecular complexity index is 519. The van der Waals surface area contributed by atoms with Gasteiger partial charge in [-0.2, -0.15) is 0 Å². The first-order valence-electron chi connectivity index (χ1n) is 11.4. The minimum absolute atomic E-state index is 0.150. The normalized spacial score (nSPS) is 14.3. The molecule has 0 fully saturated rings. The lowest BCUT2D eigenvalue weighted by molar-refractivity contribution is 0.351.